The SMILES string of the molecule is Cc1nonc1CN(C)C(=O)CC1(c2ccccc2)CC(=O)N(CCCOc2cccnc2)C1=O. The Hall–Kier alpha value is -4.08. The molecule has 4 rings (SSSR count). The molecule has 0 bridgehead atoms. The van der Waals surface area contributed by atoms with E-state index in [9.17, 15) is 14.4 Å². The second-order valence-electron chi connectivity index (χ2n) is 8.59. The number of imide groups is 1. The van der Waals surface area contributed by atoms with Gasteiger partial charge in [-0.1, -0.05) is 40.6 Å². The zero-order valence-electron chi connectivity index (χ0n) is 19.7. The Bertz CT molecular complexity index is 1180. The molecule has 3 amide bonds. The Labute approximate surface area is 202 Å². The van der Waals surface area contributed by atoms with E-state index < -0.39 is 5.41 Å². The maximum atomic E-state index is 13.7. The molecule has 182 valence electrons. The third-order valence-electron chi connectivity index (χ3n) is 6.18. The van der Waals surface area contributed by atoms with Gasteiger partial charge in [0.2, 0.25) is 17.7 Å². The van der Waals surface area contributed by atoms with Gasteiger partial charge in [0.1, 0.15) is 17.1 Å². The number of amides is 3. The van der Waals surface area contributed by atoms with Gasteiger partial charge in [-0.2, -0.15) is 0 Å². The molecule has 0 spiro atoms. The van der Waals surface area contributed by atoms with Crippen molar-refractivity contribution >= 4 is 17.7 Å². The molecular formula is C25H27N5O5. The average Bonchev–Trinajstić information content (AvgIpc) is 3.38. The van der Waals surface area contributed by atoms with Crippen LogP contribution in [0.4, 0.5) is 0 Å². The van der Waals surface area contributed by atoms with Crippen LogP contribution in [0.2, 0.25) is 0 Å². The molecule has 1 atom stereocenters. The van der Waals surface area contributed by atoms with Crippen LogP contribution in [0.1, 0.15) is 36.2 Å². The summed E-state index contributed by atoms with van der Waals surface area (Å²) in [5.41, 5.74) is 0.520. The fraction of sp³-hybridized carbons (Fsp3) is 0.360. The van der Waals surface area contributed by atoms with E-state index in [-0.39, 0.29) is 43.7 Å². The normalized spacial score (nSPS) is 17.6. The summed E-state index contributed by atoms with van der Waals surface area (Å²) in [6, 6.07) is 12.6. The predicted molar refractivity (Wildman–Crippen MR) is 124 cm³/mol. The molecule has 2 aromatic heterocycles. The van der Waals surface area contributed by atoms with Gasteiger partial charge in [0.15, 0.2) is 0 Å². The molecule has 1 aliphatic rings. The first-order valence-electron chi connectivity index (χ1n) is 11.4. The van der Waals surface area contributed by atoms with Crippen molar-refractivity contribution in [3.8, 4) is 5.75 Å². The number of aromatic nitrogens is 3. The molecule has 1 fully saturated rings. The van der Waals surface area contributed by atoms with Crippen molar-refractivity contribution in [2.45, 2.75) is 38.1 Å². The molecule has 1 saturated heterocycles. The topological polar surface area (TPSA) is 119 Å². The van der Waals surface area contributed by atoms with Crippen LogP contribution in [0.15, 0.2) is 59.5 Å². The second kappa shape index (κ2) is 10.5. The highest BCUT2D eigenvalue weighted by atomic mass is 16.6. The third-order valence-corrected chi connectivity index (χ3v) is 6.18. The number of benzene rings is 1. The summed E-state index contributed by atoms with van der Waals surface area (Å²) in [5.74, 6) is -0.320. The van der Waals surface area contributed by atoms with Gasteiger partial charge in [0, 0.05) is 32.6 Å². The van der Waals surface area contributed by atoms with Crippen LogP contribution in [0.5, 0.6) is 5.75 Å². The quantitative estimate of drug-likeness (QED) is 0.322. The van der Waals surface area contributed by atoms with Crippen molar-refractivity contribution < 1.29 is 23.7 Å². The van der Waals surface area contributed by atoms with Crippen LogP contribution in [0, 0.1) is 6.92 Å². The van der Waals surface area contributed by atoms with Crippen LogP contribution in [-0.4, -0.2) is 63.0 Å². The summed E-state index contributed by atoms with van der Waals surface area (Å²) in [4.78, 5) is 46.6. The monoisotopic (exact) mass is 477 g/mol. The number of nitrogens with zero attached hydrogens (tertiary/aromatic N) is 5. The molecule has 3 heterocycles. The first-order valence-corrected chi connectivity index (χ1v) is 11.4. The Kier molecular flexibility index (Phi) is 7.19. The zero-order valence-corrected chi connectivity index (χ0v) is 19.7. The summed E-state index contributed by atoms with van der Waals surface area (Å²) >= 11 is 0. The van der Waals surface area contributed by atoms with Crippen LogP contribution in [0.3, 0.4) is 0 Å². The molecule has 1 aliphatic heterocycles. The number of rotatable bonds is 10. The first-order chi connectivity index (χ1) is 16.9. The average molecular weight is 478 g/mol. The lowest BCUT2D eigenvalue weighted by Crippen LogP contribution is -2.43. The van der Waals surface area contributed by atoms with Gasteiger partial charge in [0.25, 0.3) is 0 Å². The van der Waals surface area contributed by atoms with Crippen molar-refractivity contribution in [3.05, 3.63) is 71.8 Å². The van der Waals surface area contributed by atoms with Gasteiger partial charge in [-0.3, -0.25) is 24.3 Å². The molecule has 3 aromatic rings. The van der Waals surface area contributed by atoms with E-state index in [0.29, 0.717) is 35.7 Å². The molecule has 35 heavy (non-hydrogen) atoms. The van der Waals surface area contributed by atoms with E-state index in [1.54, 1.807) is 62.8 Å². The van der Waals surface area contributed by atoms with Gasteiger partial charge in [-0.15, -0.1) is 0 Å². The lowest BCUT2D eigenvalue weighted by Gasteiger charge is -2.29. The highest BCUT2D eigenvalue weighted by molar-refractivity contribution is 6.10. The van der Waals surface area contributed by atoms with Crippen molar-refractivity contribution in [2.24, 2.45) is 0 Å². The first kappa shape index (κ1) is 24.1. The summed E-state index contributed by atoms with van der Waals surface area (Å²) in [6.07, 6.45) is 3.52. The molecule has 10 nitrogen and oxygen atoms in total. The maximum Gasteiger partial charge on any atom is 0.240 e. The molecule has 0 aliphatic carbocycles. The van der Waals surface area contributed by atoms with E-state index in [1.807, 2.05) is 6.07 Å². The van der Waals surface area contributed by atoms with Gasteiger partial charge >= 0.3 is 0 Å². The Morgan fingerprint density at radius 2 is 1.97 bits per heavy atom. The van der Waals surface area contributed by atoms with E-state index in [1.165, 1.54) is 9.80 Å². The predicted octanol–water partition coefficient (Wildman–Crippen LogP) is 2.29. The number of ether oxygens (including phenoxy) is 1. The van der Waals surface area contributed by atoms with Crippen LogP contribution >= 0.6 is 0 Å². The number of aryl methyl sites for hydroxylation is 1. The molecule has 0 N–H and O–H groups in total. The Morgan fingerprint density at radius 3 is 2.66 bits per heavy atom. The number of hydrogen-bond donors (Lipinski definition) is 0. The fourth-order valence-electron chi connectivity index (χ4n) is 4.19. The zero-order chi connectivity index (χ0) is 24.8. The summed E-state index contributed by atoms with van der Waals surface area (Å²) in [7, 11) is 1.63. The van der Waals surface area contributed by atoms with Crippen LogP contribution in [-0.2, 0) is 26.3 Å². The van der Waals surface area contributed by atoms with Gasteiger partial charge in [-0.05, 0) is 31.0 Å². The van der Waals surface area contributed by atoms with Crippen LogP contribution < -0.4 is 4.74 Å². The second-order valence-corrected chi connectivity index (χ2v) is 8.59. The van der Waals surface area contributed by atoms with Gasteiger partial charge < -0.3 is 9.64 Å². The minimum absolute atomic E-state index is 0.0660. The van der Waals surface area contributed by atoms with Gasteiger partial charge in [0.05, 0.1) is 24.8 Å². The number of hydrogen-bond acceptors (Lipinski definition) is 8. The lowest BCUT2D eigenvalue weighted by atomic mass is 9.75. The van der Waals surface area contributed by atoms with E-state index >= 15 is 0 Å². The van der Waals surface area contributed by atoms with Crippen molar-refractivity contribution in [1.82, 2.24) is 25.1 Å². The molecule has 1 unspecified atom stereocenters. The summed E-state index contributed by atoms with van der Waals surface area (Å²) < 4.78 is 10.3. The smallest absolute Gasteiger partial charge is 0.240 e. The van der Waals surface area contributed by atoms with Crippen LogP contribution in [0.25, 0.3) is 0 Å². The Balaban J connectivity index is 1.48. The number of carbonyl (C=O) groups excluding carboxylic acids is 3. The highest BCUT2D eigenvalue weighted by Gasteiger charge is 2.53. The van der Waals surface area contributed by atoms with E-state index in [2.05, 4.69) is 15.3 Å². The van der Waals surface area contributed by atoms with E-state index in [4.69, 9.17) is 9.37 Å². The number of likely N-dealkylation sites (tertiary alicyclic amines) is 1. The lowest BCUT2D eigenvalue weighted by molar-refractivity contribution is -0.142. The fourth-order valence-corrected chi connectivity index (χ4v) is 4.19. The largest absolute Gasteiger partial charge is 0.492 e. The van der Waals surface area contributed by atoms with Crippen molar-refractivity contribution in [3.63, 3.8) is 0 Å². The molecule has 0 saturated carbocycles. The van der Waals surface area contributed by atoms with E-state index in [0.717, 1.165) is 0 Å². The number of pyridine rings is 1. The van der Waals surface area contributed by atoms with Crippen molar-refractivity contribution in [1.29, 1.82) is 0 Å². The molecule has 10 heteroatoms. The van der Waals surface area contributed by atoms with Gasteiger partial charge in [-0.25, -0.2) is 4.63 Å². The highest BCUT2D eigenvalue weighted by Crippen LogP contribution is 2.40. The maximum absolute atomic E-state index is 13.7. The minimum atomic E-state index is -1.26. The number of carbonyl (C=O) groups is 3. The van der Waals surface area contributed by atoms with Crippen molar-refractivity contribution in [2.75, 3.05) is 20.2 Å². The minimum Gasteiger partial charge on any atom is -0.492 e. The third kappa shape index (κ3) is 5.21. The molecular weight excluding hydrogens is 450 g/mol. The Morgan fingerprint density at radius 1 is 1.17 bits per heavy atom. The molecule has 1 aromatic carbocycles. The summed E-state index contributed by atoms with van der Waals surface area (Å²) in [6.45, 7) is 2.47. The molecule has 0 radical (unpaired) electrons. The standard InChI is InChI=1S/C25H27N5O5/c1-18-21(28-35-27-18)17-29(2)22(31)14-25(19-8-4-3-5-9-19)15-23(32)30(24(25)33)12-7-13-34-20-10-6-11-26-16-20/h3-6,8-11,16H,7,12-15,17H2,1-2H3. The summed E-state index contributed by atoms with van der Waals surface area (Å²) in [5, 5.41) is 7.56.